The number of rotatable bonds is 6. The fraction of sp³-hybridized carbons (Fsp3) is 0.389. The van der Waals surface area contributed by atoms with Crippen LogP contribution in [0.1, 0.15) is 31.1 Å². The lowest BCUT2D eigenvalue weighted by Gasteiger charge is -2.17. The van der Waals surface area contributed by atoms with Gasteiger partial charge in [-0.3, -0.25) is 4.57 Å². The average molecular weight is 369 g/mol. The number of hydrogen-bond donors (Lipinski definition) is 1. The molecule has 1 aromatic carbocycles. The third kappa shape index (κ3) is 4.69. The van der Waals surface area contributed by atoms with Crippen molar-refractivity contribution in [2.75, 3.05) is 12.4 Å². The minimum absolute atomic E-state index is 0.255. The van der Waals surface area contributed by atoms with Crippen LogP contribution in [0, 0.1) is 12.8 Å². The van der Waals surface area contributed by atoms with Gasteiger partial charge in [-0.05, 0) is 30.5 Å². The highest BCUT2D eigenvalue weighted by molar-refractivity contribution is 5.90. The predicted octanol–water partition coefficient (Wildman–Crippen LogP) is 2.82. The van der Waals surface area contributed by atoms with Crippen molar-refractivity contribution in [1.29, 1.82) is 0 Å². The highest BCUT2D eigenvalue weighted by Gasteiger charge is 2.15. The molecule has 2 amide bonds. The third-order valence-electron chi connectivity index (χ3n) is 4.00. The van der Waals surface area contributed by atoms with Crippen molar-refractivity contribution in [3.8, 4) is 5.69 Å². The Labute approximate surface area is 157 Å². The van der Waals surface area contributed by atoms with Crippen LogP contribution in [0.5, 0.6) is 0 Å². The topological polar surface area (TPSA) is 102 Å². The summed E-state index contributed by atoms with van der Waals surface area (Å²) in [6.07, 6.45) is 3.93. The number of anilines is 1. The van der Waals surface area contributed by atoms with Crippen LogP contribution in [-0.2, 0) is 13.0 Å². The van der Waals surface area contributed by atoms with Crippen LogP contribution in [0.4, 0.5) is 10.5 Å². The smallest absolute Gasteiger partial charge is 0.322 e. The Kier molecular flexibility index (Phi) is 5.49. The zero-order valence-electron chi connectivity index (χ0n) is 15.9. The summed E-state index contributed by atoms with van der Waals surface area (Å²) in [5.74, 6) is 1.50. The molecule has 3 aromatic rings. The fourth-order valence-corrected chi connectivity index (χ4v) is 2.52. The molecule has 0 unspecified atom stereocenters. The van der Waals surface area contributed by atoms with E-state index in [-0.39, 0.29) is 12.6 Å². The fourth-order valence-electron chi connectivity index (χ4n) is 2.52. The van der Waals surface area contributed by atoms with Gasteiger partial charge in [0.05, 0.1) is 12.2 Å². The van der Waals surface area contributed by atoms with Gasteiger partial charge in [0.15, 0.2) is 5.82 Å². The van der Waals surface area contributed by atoms with Crippen LogP contribution in [0.3, 0.4) is 0 Å². The van der Waals surface area contributed by atoms with E-state index in [9.17, 15) is 4.79 Å². The third-order valence-corrected chi connectivity index (χ3v) is 4.00. The number of hydrogen-bond acceptors (Lipinski definition) is 6. The zero-order valence-corrected chi connectivity index (χ0v) is 15.9. The number of nitrogens with zero attached hydrogens (tertiary/aromatic N) is 6. The molecular formula is C18H23N7O2. The van der Waals surface area contributed by atoms with Gasteiger partial charge >= 0.3 is 6.03 Å². The monoisotopic (exact) mass is 369 g/mol. The summed E-state index contributed by atoms with van der Waals surface area (Å²) >= 11 is 0. The number of amides is 2. The maximum atomic E-state index is 12.5. The first-order valence-corrected chi connectivity index (χ1v) is 8.71. The lowest BCUT2D eigenvalue weighted by atomic mass is 10.1. The quantitative estimate of drug-likeness (QED) is 0.717. The second-order valence-corrected chi connectivity index (χ2v) is 6.86. The van der Waals surface area contributed by atoms with Gasteiger partial charge in [-0.15, -0.1) is 10.2 Å². The summed E-state index contributed by atoms with van der Waals surface area (Å²) in [5, 5.41) is 14.5. The molecule has 0 aliphatic carbocycles. The van der Waals surface area contributed by atoms with Crippen molar-refractivity contribution in [3.63, 3.8) is 0 Å². The Hall–Kier alpha value is -3.23. The zero-order chi connectivity index (χ0) is 19.4. The van der Waals surface area contributed by atoms with Crippen LogP contribution in [0.15, 0.2) is 35.4 Å². The van der Waals surface area contributed by atoms with Gasteiger partial charge in [-0.1, -0.05) is 25.1 Å². The number of carbonyl (C=O) groups is 1. The van der Waals surface area contributed by atoms with Crippen LogP contribution < -0.4 is 5.32 Å². The van der Waals surface area contributed by atoms with Crippen molar-refractivity contribution < 1.29 is 9.32 Å². The number of urea groups is 1. The summed E-state index contributed by atoms with van der Waals surface area (Å²) in [5.41, 5.74) is 2.53. The van der Waals surface area contributed by atoms with Gasteiger partial charge in [0.2, 0.25) is 5.89 Å². The van der Waals surface area contributed by atoms with Crippen molar-refractivity contribution in [2.45, 2.75) is 33.7 Å². The molecule has 1 N–H and O–H groups in total. The molecule has 142 valence electrons. The minimum atomic E-state index is -0.255. The minimum Gasteiger partial charge on any atom is -0.339 e. The average Bonchev–Trinajstić information content (AvgIpc) is 3.28. The summed E-state index contributed by atoms with van der Waals surface area (Å²) in [6, 6.07) is 5.49. The molecule has 3 rings (SSSR count). The van der Waals surface area contributed by atoms with E-state index < -0.39 is 0 Å². The van der Waals surface area contributed by atoms with E-state index in [1.54, 1.807) is 24.3 Å². The molecule has 0 spiro atoms. The Morgan fingerprint density at radius 1 is 1.30 bits per heavy atom. The Morgan fingerprint density at radius 2 is 2.04 bits per heavy atom. The lowest BCUT2D eigenvalue weighted by molar-refractivity contribution is 0.219. The number of carbonyl (C=O) groups excluding carboxylic acids is 1. The summed E-state index contributed by atoms with van der Waals surface area (Å²) in [7, 11) is 1.69. The molecule has 2 heterocycles. The van der Waals surface area contributed by atoms with E-state index in [1.807, 2.05) is 25.1 Å². The van der Waals surface area contributed by atoms with Gasteiger partial charge in [-0.2, -0.15) is 4.98 Å². The van der Waals surface area contributed by atoms with Crippen LogP contribution in [0.2, 0.25) is 0 Å². The Morgan fingerprint density at radius 3 is 2.74 bits per heavy atom. The lowest BCUT2D eigenvalue weighted by Crippen LogP contribution is -2.31. The molecule has 9 nitrogen and oxygen atoms in total. The normalized spacial score (nSPS) is 11.0. The highest BCUT2D eigenvalue weighted by atomic mass is 16.5. The highest BCUT2D eigenvalue weighted by Crippen LogP contribution is 2.20. The molecular weight excluding hydrogens is 346 g/mol. The van der Waals surface area contributed by atoms with E-state index >= 15 is 0 Å². The van der Waals surface area contributed by atoms with Gasteiger partial charge in [0, 0.05) is 19.2 Å². The van der Waals surface area contributed by atoms with Gasteiger partial charge in [-0.25, -0.2) is 4.79 Å². The number of aryl methyl sites for hydroxylation is 1. The molecule has 0 saturated carbocycles. The second kappa shape index (κ2) is 7.98. The van der Waals surface area contributed by atoms with Crippen molar-refractivity contribution in [2.24, 2.45) is 5.92 Å². The number of benzene rings is 1. The molecule has 0 atom stereocenters. The molecule has 9 heteroatoms. The molecule has 0 saturated heterocycles. The van der Waals surface area contributed by atoms with Gasteiger partial charge < -0.3 is 14.7 Å². The SMILES string of the molecule is Cc1ccc(-n2cnnc2)cc1NC(=O)N(C)Cc1noc(CC(C)C)n1. The largest absolute Gasteiger partial charge is 0.339 e. The van der Waals surface area contributed by atoms with Crippen LogP contribution >= 0.6 is 0 Å². The predicted molar refractivity (Wildman–Crippen MR) is 99.4 cm³/mol. The van der Waals surface area contributed by atoms with Gasteiger partial charge in [0.25, 0.3) is 0 Å². The molecule has 27 heavy (non-hydrogen) atoms. The van der Waals surface area contributed by atoms with Crippen molar-refractivity contribution in [3.05, 3.63) is 48.1 Å². The van der Waals surface area contributed by atoms with Crippen molar-refractivity contribution in [1.82, 2.24) is 29.8 Å². The first-order valence-electron chi connectivity index (χ1n) is 8.71. The van der Waals surface area contributed by atoms with E-state index in [1.165, 1.54) is 4.90 Å². The first-order chi connectivity index (χ1) is 12.9. The van der Waals surface area contributed by atoms with E-state index in [4.69, 9.17) is 4.52 Å². The van der Waals surface area contributed by atoms with E-state index in [0.29, 0.717) is 23.3 Å². The Bertz CT molecular complexity index is 902. The Balaban J connectivity index is 1.66. The standard InChI is InChI=1S/C18H23N7O2/c1-12(2)7-17-22-16(23-27-17)9-24(4)18(26)21-15-8-14(6-5-13(15)3)25-10-19-20-11-25/h5-6,8,10-12H,7,9H2,1-4H3,(H,21,26). The van der Waals surface area contributed by atoms with Crippen molar-refractivity contribution >= 4 is 11.7 Å². The van der Waals surface area contributed by atoms with Gasteiger partial charge in [0.1, 0.15) is 12.7 Å². The number of nitrogens with one attached hydrogen (secondary N) is 1. The first kappa shape index (κ1) is 18.6. The second-order valence-electron chi connectivity index (χ2n) is 6.86. The molecule has 0 bridgehead atoms. The van der Waals surface area contributed by atoms with E-state index in [0.717, 1.165) is 17.7 Å². The molecule has 0 aliphatic rings. The summed E-state index contributed by atoms with van der Waals surface area (Å²) in [4.78, 5) is 18.4. The van der Waals surface area contributed by atoms with Crippen LogP contribution in [-0.4, -0.2) is 42.9 Å². The molecule has 0 fully saturated rings. The summed E-state index contributed by atoms with van der Waals surface area (Å²) < 4.78 is 6.99. The summed E-state index contributed by atoms with van der Waals surface area (Å²) in [6.45, 7) is 6.36. The molecule has 0 aliphatic heterocycles. The number of aromatic nitrogens is 5. The molecule has 0 radical (unpaired) electrons. The van der Waals surface area contributed by atoms with Crippen LogP contribution in [0.25, 0.3) is 5.69 Å². The maximum Gasteiger partial charge on any atom is 0.322 e. The maximum absolute atomic E-state index is 12.5. The molecule has 2 aromatic heterocycles. The van der Waals surface area contributed by atoms with E-state index in [2.05, 4.69) is 39.5 Å².